The lowest BCUT2D eigenvalue weighted by molar-refractivity contribution is 1.12. The molecule has 2 aromatic carbocycles. The molecule has 1 heterocycles. The molecular weight excluding hydrogens is 218 g/mol. The molecule has 1 nitrogen and oxygen atoms in total. The fourth-order valence-corrected chi connectivity index (χ4v) is 2.37. The molecule has 0 unspecified atom stereocenters. The van der Waals surface area contributed by atoms with Gasteiger partial charge in [0, 0.05) is 17.3 Å². The summed E-state index contributed by atoms with van der Waals surface area (Å²) in [6.07, 6.45) is 0.957. The quantitative estimate of drug-likeness (QED) is 0.724. The van der Waals surface area contributed by atoms with Gasteiger partial charge in [0.25, 0.3) is 0 Å². The molecule has 0 amide bonds. The van der Waals surface area contributed by atoms with Crippen LogP contribution in [0.25, 0.3) is 0 Å². The standard InChI is InChI=1S/C14H12ClN/c15-13-5-6-14-12(8-13)7-10-3-1-2-4-11(10)9-16-14/h1-6,8,16H,7,9H2. The molecule has 0 bridgehead atoms. The second-order valence-electron chi connectivity index (χ2n) is 4.10. The maximum absolute atomic E-state index is 6.03. The van der Waals surface area contributed by atoms with Gasteiger partial charge in [0.2, 0.25) is 0 Å². The molecule has 3 rings (SSSR count). The number of rotatable bonds is 0. The van der Waals surface area contributed by atoms with Crippen LogP contribution in [0.3, 0.4) is 0 Å². The maximum atomic E-state index is 6.03. The van der Waals surface area contributed by atoms with Crippen molar-refractivity contribution in [3.63, 3.8) is 0 Å². The first-order valence-corrected chi connectivity index (χ1v) is 5.80. The monoisotopic (exact) mass is 229 g/mol. The largest absolute Gasteiger partial charge is 0.381 e. The minimum Gasteiger partial charge on any atom is -0.381 e. The third-order valence-corrected chi connectivity index (χ3v) is 3.27. The summed E-state index contributed by atoms with van der Waals surface area (Å²) in [6, 6.07) is 14.6. The Kier molecular flexibility index (Phi) is 2.33. The first-order valence-electron chi connectivity index (χ1n) is 5.42. The molecule has 1 aliphatic heterocycles. The van der Waals surface area contributed by atoms with Crippen LogP contribution >= 0.6 is 11.6 Å². The van der Waals surface area contributed by atoms with E-state index < -0.39 is 0 Å². The van der Waals surface area contributed by atoms with Crippen LogP contribution < -0.4 is 5.32 Å². The van der Waals surface area contributed by atoms with Crippen LogP contribution in [0.4, 0.5) is 5.69 Å². The highest BCUT2D eigenvalue weighted by Gasteiger charge is 2.11. The molecule has 0 aliphatic carbocycles. The summed E-state index contributed by atoms with van der Waals surface area (Å²) in [5.41, 5.74) is 5.23. The van der Waals surface area contributed by atoms with Crippen LogP contribution in [0.1, 0.15) is 16.7 Å². The number of hydrogen-bond acceptors (Lipinski definition) is 1. The second-order valence-corrected chi connectivity index (χ2v) is 4.54. The van der Waals surface area contributed by atoms with Gasteiger partial charge in [0.05, 0.1) is 0 Å². The highest BCUT2D eigenvalue weighted by Crippen LogP contribution is 2.28. The lowest BCUT2D eigenvalue weighted by atomic mass is 10.0. The van der Waals surface area contributed by atoms with Crippen molar-refractivity contribution in [1.82, 2.24) is 0 Å². The summed E-state index contributed by atoms with van der Waals surface area (Å²) >= 11 is 6.03. The Morgan fingerprint density at radius 2 is 1.75 bits per heavy atom. The Labute approximate surface area is 100 Å². The van der Waals surface area contributed by atoms with Gasteiger partial charge in [-0.1, -0.05) is 35.9 Å². The molecule has 0 spiro atoms. The van der Waals surface area contributed by atoms with Gasteiger partial charge >= 0.3 is 0 Å². The third kappa shape index (κ3) is 1.68. The van der Waals surface area contributed by atoms with Crippen molar-refractivity contribution >= 4 is 17.3 Å². The summed E-state index contributed by atoms with van der Waals surface area (Å²) in [6.45, 7) is 0.894. The van der Waals surface area contributed by atoms with E-state index in [2.05, 4.69) is 35.6 Å². The van der Waals surface area contributed by atoms with E-state index in [4.69, 9.17) is 11.6 Å². The van der Waals surface area contributed by atoms with Crippen molar-refractivity contribution in [2.75, 3.05) is 5.32 Å². The lowest BCUT2D eigenvalue weighted by Crippen LogP contribution is -1.98. The van der Waals surface area contributed by atoms with Gasteiger partial charge in [-0.3, -0.25) is 0 Å². The number of hydrogen-bond donors (Lipinski definition) is 1. The summed E-state index contributed by atoms with van der Waals surface area (Å²) in [5, 5.41) is 4.26. The molecule has 2 heteroatoms. The van der Waals surface area contributed by atoms with Crippen molar-refractivity contribution in [1.29, 1.82) is 0 Å². The molecule has 0 aromatic heterocycles. The summed E-state index contributed by atoms with van der Waals surface area (Å²) in [4.78, 5) is 0. The van der Waals surface area contributed by atoms with E-state index in [9.17, 15) is 0 Å². The predicted octanol–water partition coefficient (Wildman–Crippen LogP) is 3.86. The van der Waals surface area contributed by atoms with Gasteiger partial charge in [-0.05, 0) is 41.3 Å². The molecule has 0 radical (unpaired) electrons. The Morgan fingerprint density at radius 1 is 0.938 bits per heavy atom. The van der Waals surface area contributed by atoms with Gasteiger partial charge in [0.15, 0.2) is 0 Å². The number of benzene rings is 2. The maximum Gasteiger partial charge on any atom is 0.0410 e. The summed E-state index contributed by atoms with van der Waals surface area (Å²) in [7, 11) is 0. The minimum atomic E-state index is 0.805. The topological polar surface area (TPSA) is 12.0 Å². The number of nitrogens with one attached hydrogen (secondary N) is 1. The molecular formula is C14H12ClN. The second kappa shape index (κ2) is 3.84. The predicted molar refractivity (Wildman–Crippen MR) is 68.0 cm³/mol. The lowest BCUT2D eigenvalue weighted by Gasteiger charge is -2.06. The summed E-state index contributed by atoms with van der Waals surface area (Å²) < 4.78 is 0. The zero-order valence-electron chi connectivity index (χ0n) is 8.83. The molecule has 1 aliphatic rings. The van der Waals surface area contributed by atoms with Crippen LogP contribution in [0.15, 0.2) is 42.5 Å². The number of halogens is 1. The van der Waals surface area contributed by atoms with Gasteiger partial charge < -0.3 is 5.32 Å². The normalized spacial score (nSPS) is 13.3. The van der Waals surface area contributed by atoms with Gasteiger partial charge in [-0.25, -0.2) is 0 Å². The van der Waals surface area contributed by atoms with Crippen molar-refractivity contribution in [3.8, 4) is 0 Å². The molecule has 0 saturated heterocycles. The Morgan fingerprint density at radius 3 is 2.62 bits per heavy atom. The fraction of sp³-hybridized carbons (Fsp3) is 0.143. The van der Waals surface area contributed by atoms with Crippen LogP contribution in [0.2, 0.25) is 5.02 Å². The first-order chi connectivity index (χ1) is 7.83. The molecule has 80 valence electrons. The highest BCUT2D eigenvalue weighted by atomic mass is 35.5. The van der Waals surface area contributed by atoms with Gasteiger partial charge in [0.1, 0.15) is 0 Å². The molecule has 0 atom stereocenters. The first kappa shape index (κ1) is 9.73. The average molecular weight is 230 g/mol. The highest BCUT2D eigenvalue weighted by molar-refractivity contribution is 6.30. The SMILES string of the molecule is Clc1ccc2c(c1)Cc1ccccc1CN2. The number of fused-ring (bicyclic) bond motifs is 2. The molecule has 2 aromatic rings. The Hall–Kier alpha value is -1.47. The summed E-state index contributed by atoms with van der Waals surface area (Å²) in [5.74, 6) is 0. The van der Waals surface area contributed by atoms with Crippen molar-refractivity contribution < 1.29 is 0 Å². The van der Waals surface area contributed by atoms with Crippen LogP contribution in [0.5, 0.6) is 0 Å². The van der Waals surface area contributed by atoms with E-state index in [1.165, 1.54) is 22.4 Å². The zero-order valence-corrected chi connectivity index (χ0v) is 9.59. The van der Waals surface area contributed by atoms with Crippen LogP contribution in [0, 0.1) is 0 Å². The molecule has 0 saturated carbocycles. The van der Waals surface area contributed by atoms with Crippen LogP contribution in [-0.4, -0.2) is 0 Å². The average Bonchev–Trinajstić information content (AvgIpc) is 2.47. The zero-order chi connectivity index (χ0) is 11.0. The van der Waals surface area contributed by atoms with E-state index in [1.807, 2.05) is 12.1 Å². The smallest absolute Gasteiger partial charge is 0.0410 e. The van der Waals surface area contributed by atoms with Crippen molar-refractivity contribution in [3.05, 3.63) is 64.2 Å². The van der Waals surface area contributed by atoms with E-state index in [1.54, 1.807) is 0 Å². The molecule has 16 heavy (non-hydrogen) atoms. The fourth-order valence-electron chi connectivity index (χ4n) is 2.18. The number of anilines is 1. The molecule has 1 N–H and O–H groups in total. The van der Waals surface area contributed by atoms with E-state index >= 15 is 0 Å². The third-order valence-electron chi connectivity index (χ3n) is 3.04. The Balaban J connectivity index is 2.10. The van der Waals surface area contributed by atoms with E-state index in [0.29, 0.717) is 0 Å². The van der Waals surface area contributed by atoms with Gasteiger partial charge in [-0.15, -0.1) is 0 Å². The van der Waals surface area contributed by atoms with Crippen molar-refractivity contribution in [2.24, 2.45) is 0 Å². The Bertz CT molecular complexity index is 534. The minimum absolute atomic E-state index is 0.805. The molecule has 0 fully saturated rings. The van der Waals surface area contributed by atoms with Crippen LogP contribution in [-0.2, 0) is 13.0 Å². The van der Waals surface area contributed by atoms with Crippen molar-refractivity contribution in [2.45, 2.75) is 13.0 Å². The van der Waals surface area contributed by atoms with Gasteiger partial charge in [-0.2, -0.15) is 0 Å². The van der Waals surface area contributed by atoms with E-state index in [-0.39, 0.29) is 0 Å². The van der Waals surface area contributed by atoms with E-state index in [0.717, 1.165) is 18.0 Å².